The number of ether oxygens (including phenoxy) is 1. The molecule has 2 heterocycles. The van der Waals surface area contributed by atoms with E-state index in [0.717, 1.165) is 24.5 Å². The van der Waals surface area contributed by atoms with Gasteiger partial charge in [0.15, 0.2) is 0 Å². The number of aryl methyl sites for hydroxylation is 1. The number of pyridine rings is 1. The molecule has 2 atom stereocenters. The van der Waals surface area contributed by atoms with Crippen LogP contribution in [0.1, 0.15) is 19.4 Å². The lowest BCUT2D eigenvalue weighted by Crippen LogP contribution is -2.58. The van der Waals surface area contributed by atoms with E-state index >= 15 is 0 Å². The molecule has 19 heavy (non-hydrogen) atoms. The molecular formula is C14H21N3O2. The standard InChI is InChI=1S/C14H21N3O2/c1-10-5-6-13(15-7-10)16-8-11(2)17(12(3)9-16)14(18)19-4/h5-7,11-12H,8-9H2,1-4H3. The molecule has 0 saturated carbocycles. The van der Waals surface area contributed by atoms with Gasteiger partial charge < -0.3 is 9.64 Å². The molecule has 1 amide bonds. The van der Waals surface area contributed by atoms with E-state index in [-0.39, 0.29) is 18.2 Å². The summed E-state index contributed by atoms with van der Waals surface area (Å²) in [5.74, 6) is 0.966. The lowest BCUT2D eigenvalue weighted by molar-refractivity contribution is 0.0818. The topological polar surface area (TPSA) is 45.7 Å². The zero-order valence-electron chi connectivity index (χ0n) is 12.0. The van der Waals surface area contributed by atoms with Crippen molar-refractivity contribution in [2.75, 3.05) is 25.1 Å². The van der Waals surface area contributed by atoms with Gasteiger partial charge in [0.2, 0.25) is 0 Å². The molecule has 5 nitrogen and oxygen atoms in total. The van der Waals surface area contributed by atoms with E-state index in [9.17, 15) is 4.79 Å². The third-order valence-electron chi connectivity index (χ3n) is 3.52. The number of piperazine rings is 1. The summed E-state index contributed by atoms with van der Waals surface area (Å²) in [7, 11) is 1.43. The highest BCUT2D eigenvalue weighted by atomic mass is 16.5. The molecule has 0 bridgehead atoms. The Morgan fingerprint density at radius 3 is 2.42 bits per heavy atom. The molecule has 2 unspecified atom stereocenters. The van der Waals surface area contributed by atoms with Gasteiger partial charge in [0.25, 0.3) is 0 Å². The number of hydrogen-bond acceptors (Lipinski definition) is 4. The van der Waals surface area contributed by atoms with Crippen molar-refractivity contribution >= 4 is 11.9 Å². The minimum atomic E-state index is -0.253. The Hall–Kier alpha value is -1.78. The molecule has 0 N–H and O–H groups in total. The van der Waals surface area contributed by atoms with Crippen LogP contribution >= 0.6 is 0 Å². The molecule has 1 aliphatic rings. The number of anilines is 1. The first kappa shape index (κ1) is 13.6. The van der Waals surface area contributed by atoms with E-state index in [2.05, 4.69) is 16.0 Å². The van der Waals surface area contributed by atoms with Crippen molar-refractivity contribution in [1.82, 2.24) is 9.88 Å². The number of aromatic nitrogens is 1. The van der Waals surface area contributed by atoms with Gasteiger partial charge in [-0.25, -0.2) is 9.78 Å². The van der Waals surface area contributed by atoms with Crippen molar-refractivity contribution in [1.29, 1.82) is 0 Å². The molecule has 1 fully saturated rings. The SMILES string of the molecule is COC(=O)N1C(C)CN(c2ccc(C)cn2)CC1C. The first-order valence-corrected chi connectivity index (χ1v) is 6.56. The van der Waals surface area contributed by atoms with Crippen LogP contribution in [0.15, 0.2) is 18.3 Å². The molecule has 1 aromatic rings. The molecule has 1 aromatic heterocycles. The van der Waals surface area contributed by atoms with Gasteiger partial charge in [-0.1, -0.05) is 6.07 Å². The van der Waals surface area contributed by atoms with E-state index in [1.54, 1.807) is 4.90 Å². The summed E-state index contributed by atoms with van der Waals surface area (Å²) in [6.45, 7) is 7.64. The van der Waals surface area contributed by atoms with Crippen LogP contribution in [0.3, 0.4) is 0 Å². The Morgan fingerprint density at radius 2 is 1.95 bits per heavy atom. The van der Waals surface area contributed by atoms with Crippen LogP contribution in [-0.2, 0) is 4.74 Å². The number of amides is 1. The predicted molar refractivity (Wildman–Crippen MR) is 74.4 cm³/mol. The Labute approximate surface area is 114 Å². The minimum absolute atomic E-state index is 0.110. The summed E-state index contributed by atoms with van der Waals surface area (Å²) in [5.41, 5.74) is 1.15. The summed E-state index contributed by atoms with van der Waals surface area (Å²) >= 11 is 0. The Morgan fingerprint density at radius 1 is 1.32 bits per heavy atom. The third kappa shape index (κ3) is 2.80. The molecule has 1 saturated heterocycles. The molecule has 5 heteroatoms. The first-order valence-electron chi connectivity index (χ1n) is 6.56. The zero-order valence-corrected chi connectivity index (χ0v) is 12.0. The van der Waals surface area contributed by atoms with Crippen molar-refractivity contribution in [3.05, 3.63) is 23.9 Å². The lowest BCUT2D eigenvalue weighted by atomic mass is 10.1. The fourth-order valence-corrected chi connectivity index (χ4v) is 2.62. The van der Waals surface area contributed by atoms with E-state index < -0.39 is 0 Å². The van der Waals surface area contributed by atoms with Gasteiger partial charge in [-0.3, -0.25) is 4.90 Å². The molecule has 104 valence electrons. The number of methoxy groups -OCH3 is 1. The van der Waals surface area contributed by atoms with Crippen LogP contribution in [0.2, 0.25) is 0 Å². The molecule has 1 aliphatic heterocycles. The zero-order chi connectivity index (χ0) is 14.0. The minimum Gasteiger partial charge on any atom is -0.453 e. The normalized spacial score (nSPS) is 23.4. The summed E-state index contributed by atoms with van der Waals surface area (Å²) in [5, 5.41) is 0. The van der Waals surface area contributed by atoms with Gasteiger partial charge in [0.1, 0.15) is 5.82 Å². The molecule has 0 spiro atoms. The van der Waals surface area contributed by atoms with E-state index in [1.165, 1.54) is 7.11 Å². The summed E-state index contributed by atoms with van der Waals surface area (Å²) < 4.78 is 4.84. The predicted octanol–water partition coefficient (Wildman–Crippen LogP) is 2.06. The van der Waals surface area contributed by atoms with E-state index in [1.807, 2.05) is 33.0 Å². The smallest absolute Gasteiger partial charge is 0.410 e. The van der Waals surface area contributed by atoms with Crippen molar-refractivity contribution in [2.45, 2.75) is 32.9 Å². The first-order chi connectivity index (χ1) is 9.02. The van der Waals surface area contributed by atoms with Crippen LogP contribution < -0.4 is 4.90 Å². The van der Waals surface area contributed by atoms with E-state index in [4.69, 9.17) is 4.74 Å². The van der Waals surface area contributed by atoms with Gasteiger partial charge in [-0.05, 0) is 32.4 Å². The van der Waals surface area contributed by atoms with Crippen LogP contribution in [0, 0.1) is 6.92 Å². The largest absolute Gasteiger partial charge is 0.453 e. The maximum Gasteiger partial charge on any atom is 0.410 e. The molecule has 0 aromatic carbocycles. The Balaban J connectivity index is 2.13. The Kier molecular flexibility index (Phi) is 3.93. The summed E-state index contributed by atoms with van der Waals surface area (Å²) in [6.07, 6.45) is 1.62. The molecule has 0 radical (unpaired) electrons. The monoisotopic (exact) mass is 263 g/mol. The summed E-state index contributed by atoms with van der Waals surface area (Å²) in [6, 6.07) is 4.31. The van der Waals surface area contributed by atoms with Crippen molar-refractivity contribution in [3.8, 4) is 0 Å². The quantitative estimate of drug-likeness (QED) is 0.778. The second-order valence-electron chi connectivity index (χ2n) is 5.17. The van der Waals surface area contributed by atoms with Crippen LogP contribution in [0.25, 0.3) is 0 Å². The highest BCUT2D eigenvalue weighted by Gasteiger charge is 2.33. The highest BCUT2D eigenvalue weighted by molar-refractivity contribution is 5.69. The number of nitrogens with zero attached hydrogens (tertiary/aromatic N) is 3. The molecule has 0 aliphatic carbocycles. The summed E-state index contributed by atoms with van der Waals surface area (Å²) in [4.78, 5) is 20.2. The highest BCUT2D eigenvalue weighted by Crippen LogP contribution is 2.21. The number of carbonyl (C=O) groups is 1. The van der Waals surface area contributed by atoms with Crippen LogP contribution in [0.4, 0.5) is 10.6 Å². The maximum absolute atomic E-state index is 11.7. The van der Waals surface area contributed by atoms with Gasteiger partial charge >= 0.3 is 6.09 Å². The van der Waals surface area contributed by atoms with Gasteiger partial charge in [-0.15, -0.1) is 0 Å². The van der Waals surface area contributed by atoms with Crippen LogP contribution in [0.5, 0.6) is 0 Å². The van der Waals surface area contributed by atoms with Crippen LogP contribution in [-0.4, -0.2) is 48.3 Å². The van der Waals surface area contributed by atoms with Crippen molar-refractivity contribution < 1.29 is 9.53 Å². The van der Waals surface area contributed by atoms with Crippen molar-refractivity contribution in [2.24, 2.45) is 0 Å². The second-order valence-corrected chi connectivity index (χ2v) is 5.17. The lowest BCUT2D eigenvalue weighted by Gasteiger charge is -2.43. The fraction of sp³-hybridized carbons (Fsp3) is 0.571. The van der Waals surface area contributed by atoms with Gasteiger partial charge in [0.05, 0.1) is 19.2 Å². The average molecular weight is 263 g/mol. The van der Waals surface area contributed by atoms with Gasteiger partial charge in [-0.2, -0.15) is 0 Å². The Bertz CT molecular complexity index is 435. The molecular weight excluding hydrogens is 242 g/mol. The third-order valence-corrected chi connectivity index (χ3v) is 3.52. The molecule has 2 rings (SSSR count). The van der Waals surface area contributed by atoms with Crippen molar-refractivity contribution in [3.63, 3.8) is 0 Å². The fourth-order valence-electron chi connectivity index (χ4n) is 2.62. The maximum atomic E-state index is 11.7. The number of hydrogen-bond donors (Lipinski definition) is 0. The van der Waals surface area contributed by atoms with Gasteiger partial charge in [0, 0.05) is 19.3 Å². The second kappa shape index (κ2) is 5.47. The number of rotatable bonds is 1. The number of carbonyl (C=O) groups excluding carboxylic acids is 1. The van der Waals surface area contributed by atoms with E-state index in [0.29, 0.717) is 0 Å². The average Bonchev–Trinajstić information content (AvgIpc) is 2.38.